The van der Waals surface area contributed by atoms with E-state index in [1.165, 1.54) is 37.9 Å². The molecule has 0 radical (unpaired) electrons. The molecule has 0 aromatic rings. The molecule has 3 rings (SSSR count). The lowest BCUT2D eigenvalue weighted by Crippen LogP contribution is -2.65. The van der Waals surface area contributed by atoms with E-state index in [9.17, 15) is 4.79 Å². The van der Waals surface area contributed by atoms with Crippen LogP contribution in [0, 0.1) is 5.41 Å². The van der Waals surface area contributed by atoms with Crippen molar-refractivity contribution in [1.29, 1.82) is 0 Å². The summed E-state index contributed by atoms with van der Waals surface area (Å²) in [6, 6.07) is 0.692. The summed E-state index contributed by atoms with van der Waals surface area (Å²) in [4.78, 5) is 12.4. The highest BCUT2D eigenvalue weighted by atomic mass is 35.5. The van der Waals surface area contributed by atoms with Crippen LogP contribution < -0.4 is 10.6 Å². The van der Waals surface area contributed by atoms with E-state index in [1.807, 2.05) is 11.8 Å². The molecule has 0 aromatic carbocycles. The van der Waals surface area contributed by atoms with Crippen LogP contribution in [0.5, 0.6) is 0 Å². The number of hydrogen-bond donors (Lipinski definition) is 2. The molecule has 1 saturated heterocycles. The fraction of sp³-hybridized carbons (Fsp3) is 0.941. The summed E-state index contributed by atoms with van der Waals surface area (Å²) >= 11 is 1.95. The molecular weight excluding hydrogens is 332 g/mol. The van der Waals surface area contributed by atoms with Crippen molar-refractivity contribution in [2.24, 2.45) is 5.41 Å². The molecule has 1 aliphatic heterocycles. The van der Waals surface area contributed by atoms with Gasteiger partial charge < -0.3 is 15.4 Å². The van der Waals surface area contributed by atoms with Gasteiger partial charge in [0.2, 0.25) is 5.91 Å². The van der Waals surface area contributed by atoms with Crippen LogP contribution in [0.4, 0.5) is 0 Å². The Bertz CT molecular complexity index is 385. The number of nitrogens with one attached hydrogen (secondary N) is 2. The van der Waals surface area contributed by atoms with E-state index in [1.54, 1.807) is 0 Å². The van der Waals surface area contributed by atoms with Gasteiger partial charge in [0, 0.05) is 48.6 Å². The van der Waals surface area contributed by atoms with Crippen molar-refractivity contribution in [3.05, 3.63) is 0 Å². The fourth-order valence-corrected chi connectivity index (χ4v) is 5.44. The molecule has 3 unspecified atom stereocenters. The highest BCUT2D eigenvalue weighted by Gasteiger charge is 2.56. The van der Waals surface area contributed by atoms with E-state index in [0.29, 0.717) is 24.6 Å². The molecule has 0 bridgehead atoms. The molecule has 23 heavy (non-hydrogen) atoms. The predicted molar refractivity (Wildman–Crippen MR) is 98.5 cm³/mol. The number of carbonyl (C=O) groups excluding carboxylic acids is 1. The number of thioether (sulfide) groups is 1. The number of halogens is 1. The average molecular weight is 363 g/mol. The lowest BCUT2D eigenvalue weighted by Gasteiger charge is -2.57. The van der Waals surface area contributed by atoms with Gasteiger partial charge >= 0.3 is 0 Å². The molecule has 3 aliphatic rings. The monoisotopic (exact) mass is 362 g/mol. The van der Waals surface area contributed by atoms with Gasteiger partial charge in [-0.3, -0.25) is 4.79 Å². The minimum Gasteiger partial charge on any atom is -0.378 e. The predicted octanol–water partition coefficient (Wildman–Crippen LogP) is 2.75. The highest BCUT2D eigenvalue weighted by molar-refractivity contribution is 7.99. The van der Waals surface area contributed by atoms with Crippen molar-refractivity contribution < 1.29 is 9.53 Å². The topological polar surface area (TPSA) is 50.4 Å². The second-order valence-electron chi connectivity index (χ2n) is 7.02. The van der Waals surface area contributed by atoms with Gasteiger partial charge in [-0.1, -0.05) is 19.3 Å². The Balaban J connectivity index is 0.00000192. The molecule has 134 valence electrons. The number of ether oxygens (including phenoxy) is 1. The molecule has 6 heteroatoms. The maximum Gasteiger partial charge on any atom is 0.221 e. The van der Waals surface area contributed by atoms with Gasteiger partial charge in [-0.2, -0.15) is 11.8 Å². The smallest absolute Gasteiger partial charge is 0.221 e. The second kappa shape index (κ2) is 8.93. The molecule has 1 amide bonds. The molecule has 0 aromatic heterocycles. The normalized spacial score (nSPS) is 32.7. The molecule has 1 spiro atoms. The van der Waals surface area contributed by atoms with Crippen LogP contribution in [0.15, 0.2) is 0 Å². The maximum absolute atomic E-state index is 12.4. The van der Waals surface area contributed by atoms with Crippen molar-refractivity contribution in [3.63, 3.8) is 0 Å². The molecule has 2 N–H and O–H groups in total. The Morgan fingerprint density at radius 3 is 2.78 bits per heavy atom. The molecular formula is C17H31ClN2O2S. The number of amides is 1. The summed E-state index contributed by atoms with van der Waals surface area (Å²) in [7, 11) is 0. The minimum atomic E-state index is 0. The van der Waals surface area contributed by atoms with Crippen LogP contribution >= 0.6 is 24.2 Å². The van der Waals surface area contributed by atoms with E-state index in [4.69, 9.17) is 4.74 Å². The molecule has 3 fully saturated rings. The molecule has 1 heterocycles. The SMILES string of the molecule is CCOC1CC(NC(=O)CC2CSCCN2)C12CCCCC2.Cl. The summed E-state index contributed by atoms with van der Waals surface area (Å²) in [6.07, 6.45) is 8.36. The minimum absolute atomic E-state index is 0. The lowest BCUT2D eigenvalue weighted by atomic mass is 9.55. The van der Waals surface area contributed by atoms with Crippen LogP contribution in [-0.4, -0.2) is 48.8 Å². The van der Waals surface area contributed by atoms with E-state index in [2.05, 4.69) is 17.6 Å². The first-order valence-electron chi connectivity index (χ1n) is 8.96. The third-order valence-electron chi connectivity index (χ3n) is 5.70. The molecule has 4 nitrogen and oxygen atoms in total. The fourth-order valence-electron chi connectivity index (χ4n) is 4.49. The highest BCUT2D eigenvalue weighted by Crippen LogP contribution is 2.53. The summed E-state index contributed by atoms with van der Waals surface area (Å²) in [6.45, 7) is 3.90. The first-order valence-corrected chi connectivity index (χ1v) is 10.1. The van der Waals surface area contributed by atoms with Crippen LogP contribution in [0.25, 0.3) is 0 Å². The zero-order chi connectivity index (χ0) is 15.4. The number of hydrogen-bond acceptors (Lipinski definition) is 4. The van der Waals surface area contributed by atoms with Crippen LogP contribution in [0.3, 0.4) is 0 Å². The standard InChI is InChI=1S/C17H30N2O2S.ClH/c1-2-21-15-11-14(17(15)6-4-3-5-7-17)19-16(20)10-13-12-22-9-8-18-13;/h13-15,18H,2-12H2,1H3,(H,19,20);1H. The van der Waals surface area contributed by atoms with E-state index < -0.39 is 0 Å². The van der Waals surface area contributed by atoms with E-state index in [0.717, 1.165) is 25.3 Å². The van der Waals surface area contributed by atoms with Crippen molar-refractivity contribution in [2.75, 3.05) is 24.7 Å². The van der Waals surface area contributed by atoms with Crippen molar-refractivity contribution in [3.8, 4) is 0 Å². The third-order valence-corrected chi connectivity index (χ3v) is 6.83. The van der Waals surface area contributed by atoms with Gasteiger partial charge in [-0.15, -0.1) is 12.4 Å². The zero-order valence-electron chi connectivity index (χ0n) is 14.1. The Kier molecular flexibility index (Phi) is 7.52. The Labute approximate surface area is 150 Å². The summed E-state index contributed by atoms with van der Waals surface area (Å²) in [5.74, 6) is 2.45. The third kappa shape index (κ3) is 4.36. The summed E-state index contributed by atoms with van der Waals surface area (Å²) in [5.41, 5.74) is 0.235. The number of carbonyl (C=O) groups is 1. The van der Waals surface area contributed by atoms with Gasteiger partial charge in [0.15, 0.2) is 0 Å². The quantitative estimate of drug-likeness (QED) is 0.789. The molecule has 2 aliphatic carbocycles. The van der Waals surface area contributed by atoms with E-state index in [-0.39, 0.29) is 23.7 Å². The Hall–Kier alpha value is 0.0300. The summed E-state index contributed by atoms with van der Waals surface area (Å²) < 4.78 is 5.97. The second-order valence-corrected chi connectivity index (χ2v) is 8.17. The van der Waals surface area contributed by atoms with Crippen molar-refractivity contribution in [1.82, 2.24) is 10.6 Å². The first kappa shape index (κ1) is 19.4. The van der Waals surface area contributed by atoms with Crippen LogP contribution in [0.1, 0.15) is 51.9 Å². The van der Waals surface area contributed by atoms with Gasteiger partial charge in [0.1, 0.15) is 0 Å². The van der Waals surface area contributed by atoms with Gasteiger partial charge in [-0.05, 0) is 26.2 Å². The Morgan fingerprint density at radius 2 is 2.13 bits per heavy atom. The van der Waals surface area contributed by atoms with Gasteiger partial charge in [0.05, 0.1) is 6.10 Å². The largest absolute Gasteiger partial charge is 0.378 e. The van der Waals surface area contributed by atoms with Gasteiger partial charge in [0.25, 0.3) is 0 Å². The molecule has 3 atom stereocenters. The van der Waals surface area contributed by atoms with Crippen LogP contribution in [0.2, 0.25) is 0 Å². The number of rotatable bonds is 5. The summed E-state index contributed by atoms with van der Waals surface area (Å²) in [5, 5.41) is 6.80. The first-order chi connectivity index (χ1) is 10.7. The van der Waals surface area contributed by atoms with Crippen molar-refractivity contribution in [2.45, 2.75) is 70.1 Å². The molecule has 2 saturated carbocycles. The average Bonchev–Trinajstić information content (AvgIpc) is 2.55. The van der Waals surface area contributed by atoms with Crippen LogP contribution in [-0.2, 0) is 9.53 Å². The van der Waals surface area contributed by atoms with Crippen molar-refractivity contribution >= 4 is 30.1 Å². The Morgan fingerprint density at radius 1 is 1.35 bits per heavy atom. The maximum atomic E-state index is 12.4. The lowest BCUT2D eigenvalue weighted by molar-refractivity contribution is -0.157. The zero-order valence-corrected chi connectivity index (χ0v) is 15.8. The van der Waals surface area contributed by atoms with E-state index >= 15 is 0 Å². The van der Waals surface area contributed by atoms with Gasteiger partial charge in [-0.25, -0.2) is 0 Å².